The topological polar surface area (TPSA) is 43.9 Å². The van der Waals surface area contributed by atoms with E-state index in [2.05, 4.69) is 34.1 Å². The Morgan fingerprint density at radius 1 is 0.852 bits per heavy atom. The minimum atomic E-state index is -3.54. The summed E-state index contributed by atoms with van der Waals surface area (Å²) in [6.07, 6.45) is 1.10. The molecule has 2 aromatic rings. The molecule has 2 aliphatic rings. The van der Waals surface area contributed by atoms with Gasteiger partial charge in [0, 0.05) is 51.5 Å². The highest BCUT2D eigenvalue weighted by Crippen LogP contribution is 2.27. The van der Waals surface area contributed by atoms with Crippen molar-refractivity contribution >= 4 is 15.7 Å². The predicted octanol–water partition coefficient (Wildman–Crippen LogP) is 2.19. The van der Waals surface area contributed by atoms with Crippen LogP contribution in [0.3, 0.4) is 0 Å². The molecule has 0 aromatic heterocycles. The minimum Gasteiger partial charge on any atom is -0.370 e. The molecule has 27 heavy (non-hydrogen) atoms. The number of sulfonamides is 1. The van der Waals surface area contributed by atoms with Crippen LogP contribution in [0.1, 0.15) is 5.56 Å². The number of fused-ring (bicyclic) bond motifs is 1. The number of anilines is 1. The van der Waals surface area contributed by atoms with Crippen molar-refractivity contribution in [2.24, 2.45) is 0 Å². The number of halogens is 1. The molecule has 1 fully saturated rings. The van der Waals surface area contributed by atoms with Crippen LogP contribution in [0, 0.1) is 5.82 Å². The van der Waals surface area contributed by atoms with E-state index in [0.29, 0.717) is 13.1 Å². The molecule has 7 heteroatoms. The minimum absolute atomic E-state index is 0.158. The van der Waals surface area contributed by atoms with Gasteiger partial charge >= 0.3 is 0 Å². The van der Waals surface area contributed by atoms with E-state index in [0.717, 1.165) is 39.1 Å². The second-order valence-electron chi connectivity index (χ2n) is 7.07. The van der Waals surface area contributed by atoms with E-state index in [4.69, 9.17) is 0 Å². The van der Waals surface area contributed by atoms with E-state index in [1.165, 1.54) is 39.8 Å². The van der Waals surface area contributed by atoms with E-state index < -0.39 is 15.8 Å². The van der Waals surface area contributed by atoms with Crippen LogP contribution in [0.25, 0.3) is 0 Å². The lowest BCUT2D eigenvalue weighted by Gasteiger charge is -2.35. The van der Waals surface area contributed by atoms with Crippen molar-refractivity contribution in [3.63, 3.8) is 0 Å². The second-order valence-corrected chi connectivity index (χ2v) is 9.00. The average molecular weight is 389 g/mol. The summed E-state index contributed by atoms with van der Waals surface area (Å²) in [4.78, 5) is 4.89. The lowest BCUT2D eigenvalue weighted by Crippen LogP contribution is -2.50. The summed E-state index contributed by atoms with van der Waals surface area (Å²) < 4.78 is 39.9. The van der Waals surface area contributed by atoms with Gasteiger partial charge in [0.1, 0.15) is 5.82 Å². The third-order valence-corrected chi connectivity index (χ3v) is 7.37. The quantitative estimate of drug-likeness (QED) is 0.786. The Labute approximate surface area is 160 Å². The molecule has 0 atom stereocenters. The first-order chi connectivity index (χ1) is 13.0. The van der Waals surface area contributed by atoms with Crippen molar-refractivity contribution in [2.45, 2.75) is 11.3 Å². The molecule has 5 nitrogen and oxygen atoms in total. The van der Waals surface area contributed by atoms with E-state index in [1.54, 1.807) is 0 Å². The number of rotatable bonds is 5. The first-order valence-electron chi connectivity index (χ1n) is 9.35. The fourth-order valence-electron chi connectivity index (χ4n) is 3.85. The molecule has 144 valence electrons. The Balaban J connectivity index is 1.31. The van der Waals surface area contributed by atoms with Gasteiger partial charge in [-0.25, -0.2) is 12.8 Å². The Bertz CT molecular complexity index is 894. The van der Waals surface area contributed by atoms with Gasteiger partial charge in [0.15, 0.2) is 0 Å². The summed E-state index contributed by atoms with van der Waals surface area (Å²) in [6, 6.07) is 13.6. The van der Waals surface area contributed by atoms with E-state index in [-0.39, 0.29) is 4.90 Å². The fourth-order valence-corrected chi connectivity index (χ4v) is 5.27. The summed E-state index contributed by atoms with van der Waals surface area (Å²) >= 11 is 0. The number of piperazine rings is 1. The maximum atomic E-state index is 13.1. The number of benzene rings is 2. The molecule has 0 saturated carbocycles. The first-order valence-corrected chi connectivity index (χ1v) is 10.8. The van der Waals surface area contributed by atoms with Crippen molar-refractivity contribution in [1.29, 1.82) is 0 Å². The molecule has 2 aliphatic heterocycles. The third kappa shape index (κ3) is 3.85. The summed E-state index contributed by atoms with van der Waals surface area (Å²) in [5.41, 5.74) is 2.74. The van der Waals surface area contributed by atoms with Crippen LogP contribution in [0.5, 0.6) is 0 Å². The lowest BCUT2D eigenvalue weighted by atomic mass is 10.2. The van der Waals surface area contributed by atoms with Crippen LogP contribution in [0.2, 0.25) is 0 Å². The van der Waals surface area contributed by atoms with Gasteiger partial charge in [0.05, 0.1) is 4.90 Å². The van der Waals surface area contributed by atoms with E-state index >= 15 is 0 Å². The van der Waals surface area contributed by atoms with Crippen LogP contribution in [-0.2, 0) is 16.4 Å². The molecule has 1 saturated heterocycles. The zero-order valence-corrected chi connectivity index (χ0v) is 16.0. The maximum Gasteiger partial charge on any atom is 0.243 e. The molecular weight excluding hydrogens is 365 g/mol. The van der Waals surface area contributed by atoms with E-state index in [9.17, 15) is 12.8 Å². The lowest BCUT2D eigenvalue weighted by molar-refractivity contribution is 0.192. The standard InChI is InChI=1S/C20H24FN3O2S/c21-18-5-7-19(8-6-18)27(25,26)24-15-12-22(13-16-24)11-14-23-10-9-17-3-1-2-4-20(17)23/h1-8H,9-16H2. The Morgan fingerprint density at radius 3 is 2.30 bits per heavy atom. The maximum absolute atomic E-state index is 13.1. The summed E-state index contributed by atoms with van der Waals surface area (Å²) in [5.74, 6) is -0.428. The first kappa shape index (κ1) is 18.4. The van der Waals surface area contributed by atoms with Crippen molar-refractivity contribution in [1.82, 2.24) is 9.21 Å². The smallest absolute Gasteiger partial charge is 0.243 e. The summed E-state index contributed by atoms with van der Waals surface area (Å²) in [7, 11) is -3.54. The molecule has 0 aliphatic carbocycles. The van der Waals surface area contributed by atoms with Crippen LogP contribution in [-0.4, -0.2) is 63.4 Å². The molecule has 0 radical (unpaired) electrons. The second kappa shape index (κ2) is 7.58. The molecule has 0 spiro atoms. The molecule has 0 amide bonds. The zero-order chi connectivity index (χ0) is 18.9. The van der Waals surface area contributed by atoms with Crippen molar-refractivity contribution in [3.05, 3.63) is 59.9 Å². The highest BCUT2D eigenvalue weighted by molar-refractivity contribution is 7.89. The number of hydrogen-bond donors (Lipinski definition) is 0. The van der Waals surface area contributed by atoms with Gasteiger partial charge < -0.3 is 4.90 Å². The fraction of sp³-hybridized carbons (Fsp3) is 0.400. The SMILES string of the molecule is O=S(=O)(c1ccc(F)cc1)N1CCN(CCN2CCc3ccccc32)CC1. The zero-order valence-electron chi connectivity index (χ0n) is 15.2. The molecule has 2 heterocycles. The van der Waals surface area contributed by atoms with E-state index in [1.807, 2.05) is 0 Å². The van der Waals surface area contributed by atoms with Crippen molar-refractivity contribution < 1.29 is 12.8 Å². The Morgan fingerprint density at radius 2 is 1.56 bits per heavy atom. The van der Waals surface area contributed by atoms with Gasteiger partial charge in [-0.1, -0.05) is 18.2 Å². The van der Waals surface area contributed by atoms with Gasteiger partial charge in [-0.2, -0.15) is 4.31 Å². The van der Waals surface area contributed by atoms with Gasteiger partial charge in [-0.3, -0.25) is 4.90 Å². The highest BCUT2D eigenvalue weighted by atomic mass is 32.2. The molecule has 2 aromatic carbocycles. The molecule has 4 rings (SSSR count). The normalized spacial score (nSPS) is 18.6. The van der Waals surface area contributed by atoms with Gasteiger partial charge in [0.25, 0.3) is 0 Å². The van der Waals surface area contributed by atoms with Crippen molar-refractivity contribution in [3.8, 4) is 0 Å². The average Bonchev–Trinajstić information content (AvgIpc) is 3.10. The summed E-state index contributed by atoms with van der Waals surface area (Å²) in [6.45, 7) is 5.32. The Hall–Kier alpha value is -1.96. The van der Waals surface area contributed by atoms with Crippen LogP contribution < -0.4 is 4.90 Å². The van der Waals surface area contributed by atoms with Crippen LogP contribution >= 0.6 is 0 Å². The predicted molar refractivity (Wildman–Crippen MR) is 104 cm³/mol. The number of hydrogen-bond acceptors (Lipinski definition) is 4. The van der Waals surface area contributed by atoms with Gasteiger partial charge in [0.2, 0.25) is 10.0 Å². The number of nitrogens with zero attached hydrogens (tertiary/aromatic N) is 3. The van der Waals surface area contributed by atoms with Gasteiger partial charge in [-0.05, 0) is 42.3 Å². The van der Waals surface area contributed by atoms with Crippen LogP contribution in [0.4, 0.5) is 10.1 Å². The number of para-hydroxylation sites is 1. The third-order valence-electron chi connectivity index (χ3n) is 5.45. The highest BCUT2D eigenvalue weighted by Gasteiger charge is 2.28. The van der Waals surface area contributed by atoms with Crippen molar-refractivity contribution in [2.75, 3.05) is 50.7 Å². The Kier molecular flexibility index (Phi) is 5.16. The summed E-state index contributed by atoms with van der Waals surface area (Å²) in [5, 5.41) is 0. The monoisotopic (exact) mass is 389 g/mol. The largest absolute Gasteiger partial charge is 0.370 e. The molecule has 0 unspecified atom stereocenters. The van der Waals surface area contributed by atoms with Crippen LogP contribution in [0.15, 0.2) is 53.4 Å². The van der Waals surface area contributed by atoms with Gasteiger partial charge in [-0.15, -0.1) is 0 Å². The molecular formula is C20H24FN3O2S. The molecule has 0 N–H and O–H groups in total. The molecule has 0 bridgehead atoms.